The van der Waals surface area contributed by atoms with Gasteiger partial charge in [0.1, 0.15) is 12.4 Å². The Morgan fingerprint density at radius 3 is 2.87 bits per heavy atom. The van der Waals surface area contributed by atoms with E-state index in [0.29, 0.717) is 19.6 Å². The molecular formula is C26H32N2O3. The second-order valence-corrected chi connectivity index (χ2v) is 8.60. The molecule has 2 aromatic rings. The summed E-state index contributed by atoms with van der Waals surface area (Å²) in [4.78, 5) is 14.7. The van der Waals surface area contributed by atoms with Gasteiger partial charge >= 0.3 is 0 Å². The molecule has 2 aliphatic heterocycles. The predicted molar refractivity (Wildman–Crippen MR) is 123 cm³/mol. The van der Waals surface area contributed by atoms with Gasteiger partial charge in [0, 0.05) is 25.3 Å². The fourth-order valence-corrected chi connectivity index (χ4v) is 4.20. The molecule has 0 radical (unpaired) electrons. The van der Waals surface area contributed by atoms with Crippen molar-refractivity contribution in [3.63, 3.8) is 0 Å². The molecule has 1 unspecified atom stereocenters. The Morgan fingerprint density at radius 2 is 2.06 bits per heavy atom. The molecule has 0 aliphatic carbocycles. The molecule has 5 nitrogen and oxygen atoms in total. The van der Waals surface area contributed by atoms with Gasteiger partial charge in [-0.05, 0) is 67.8 Å². The van der Waals surface area contributed by atoms with Gasteiger partial charge in [-0.2, -0.15) is 0 Å². The number of amides is 1. The number of nitrogens with zero attached hydrogens (tertiary/aromatic N) is 1. The summed E-state index contributed by atoms with van der Waals surface area (Å²) >= 11 is 0. The SMILES string of the molecule is CN(C)CC/C=C1/c2ccccc2COc2ccc(CC(=O)NCC3CCCO3)cc21. The van der Waals surface area contributed by atoms with Crippen molar-refractivity contribution >= 4 is 11.5 Å². The zero-order valence-electron chi connectivity index (χ0n) is 18.5. The Hall–Kier alpha value is -2.63. The van der Waals surface area contributed by atoms with Crippen LogP contribution in [0.4, 0.5) is 0 Å². The molecule has 31 heavy (non-hydrogen) atoms. The number of carbonyl (C=O) groups excluding carboxylic acids is 1. The van der Waals surface area contributed by atoms with E-state index in [0.717, 1.165) is 49.3 Å². The lowest BCUT2D eigenvalue weighted by Crippen LogP contribution is -2.32. The number of nitrogens with one attached hydrogen (secondary N) is 1. The van der Waals surface area contributed by atoms with Crippen molar-refractivity contribution in [2.24, 2.45) is 0 Å². The van der Waals surface area contributed by atoms with Gasteiger partial charge < -0.3 is 19.7 Å². The van der Waals surface area contributed by atoms with Crippen molar-refractivity contribution < 1.29 is 14.3 Å². The minimum absolute atomic E-state index is 0.0310. The highest BCUT2D eigenvalue weighted by Gasteiger charge is 2.20. The molecule has 1 atom stereocenters. The molecule has 1 saturated heterocycles. The molecule has 0 bridgehead atoms. The highest BCUT2D eigenvalue weighted by molar-refractivity contribution is 5.86. The van der Waals surface area contributed by atoms with Crippen LogP contribution in [0.5, 0.6) is 5.75 Å². The van der Waals surface area contributed by atoms with Crippen LogP contribution >= 0.6 is 0 Å². The fourth-order valence-electron chi connectivity index (χ4n) is 4.20. The summed E-state index contributed by atoms with van der Waals surface area (Å²) in [5, 5.41) is 3.02. The van der Waals surface area contributed by atoms with Crippen LogP contribution in [0.25, 0.3) is 5.57 Å². The standard InChI is InChI=1S/C26H32N2O3/c1-28(2)13-5-10-23-22-9-4-3-7-20(22)18-31-25-12-11-19(15-24(23)25)16-26(29)27-17-21-8-6-14-30-21/h3-4,7,9-12,15,21H,5-6,8,13-14,16-18H2,1-2H3,(H,27,29)/b23-10-. The summed E-state index contributed by atoms with van der Waals surface area (Å²) in [7, 11) is 4.17. The van der Waals surface area contributed by atoms with Crippen LogP contribution in [0.3, 0.4) is 0 Å². The van der Waals surface area contributed by atoms with Crippen LogP contribution in [-0.4, -0.2) is 50.7 Å². The monoisotopic (exact) mass is 420 g/mol. The Morgan fingerprint density at radius 1 is 1.19 bits per heavy atom. The molecule has 0 aromatic heterocycles. The Bertz CT molecular complexity index is 945. The van der Waals surface area contributed by atoms with Gasteiger partial charge in [-0.1, -0.05) is 36.4 Å². The molecule has 1 N–H and O–H groups in total. The lowest BCUT2D eigenvalue weighted by atomic mass is 9.92. The first kappa shape index (κ1) is 21.6. The van der Waals surface area contributed by atoms with Crippen molar-refractivity contribution in [1.29, 1.82) is 0 Å². The molecule has 2 heterocycles. The van der Waals surface area contributed by atoms with Crippen molar-refractivity contribution in [2.75, 3.05) is 33.8 Å². The minimum Gasteiger partial charge on any atom is -0.488 e. The maximum atomic E-state index is 12.5. The summed E-state index contributed by atoms with van der Waals surface area (Å²) in [6, 6.07) is 14.5. The number of carbonyl (C=O) groups is 1. The van der Waals surface area contributed by atoms with E-state index in [1.807, 2.05) is 12.1 Å². The second kappa shape index (κ2) is 10.1. The normalized spacial score (nSPS) is 18.9. The lowest BCUT2D eigenvalue weighted by Gasteiger charge is -2.14. The van der Waals surface area contributed by atoms with E-state index in [-0.39, 0.29) is 12.0 Å². The second-order valence-electron chi connectivity index (χ2n) is 8.60. The molecule has 0 saturated carbocycles. The fraction of sp³-hybridized carbons (Fsp3) is 0.423. The van der Waals surface area contributed by atoms with Gasteiger partial charge in [-0.25, -0.2) is 0 Å². The Kier molecular flexibility index (Phi) is 7.05. The van der Waals surface area contributed by atoms with Crippen molar-refractivity contribution in [2.45, 2.75) is 38.4 Å². The smallest absolute Gasteiger partial charge is 0.224 e. The predicted octanol–water partition coefficient (Wildman–Crippen LogP) is 3.80. The highest BCUT2D eigenvalue weighted by Crippen LogP contribution is 2.37. The number of hydrogen-bond acceptors (Lipinski definition) is 4. The summed E-state index contributed by atoms with van der Waals surface area (Å²) in [6.07, 6.45) is 5.86. The first-order valence-corrected chi connectivity index (χ1v) is 11.2. The molecule has 2 aromatic carbocycles. The number of rotatable bonds is 7. The zero-order chi connectivity index (χ0) is 21.6. The van der Waals surface area contributed by atoms with E-state index in [4.69, 9.17) is 9.47 Å². The third-order valence-electron chi connectivity index (χ3n) is 5.87. The number of benzene rings is 2. The third kappa shape index (κ3) is 5.54. The summed E-state index contributed by atoms with van der Waals surface area (Å²) in [5.74, 6) is 0.902. The first-order chi connectivity index (χ1) is 15.1. The van der Waals surface area contributed by atoms with E-state index in [1.54, 1.807) is 0 Å². The van der Waals surface area contributed by atoms with Gasteiger partial charge in [0.15, 0.2) is 0 Å². The maximum Gasteiger partial charge on any atom is 0.224 e. The van der Waals surface area contributed by atoms with Crippen LogP contribution < -0.4 is 10.1 Å². The topological polar surface area (TPSA) is 50.8 Å². The van der Waals surface area contributed by atoms with Crippen molar-refractivity contribution in [3.8, 4) is 5.75 Å². The minimum atomic E-state index is 0.0310. The number of hydrogen-bond donors (Lipinski definition) is 1. The molecule has 1 amide bonds. The quantitative estimate of drug-likeness (QED) is 0.740. The Labute approximate surface area is 185 Å². The zero-order valence-corrected chi connectivity index (χ0v) is 18.5. The molecule has 2 aliphatic rings. The Balaban J connectivity index is 1.56. The average molecular weight is 421 g/mol. The maximum absolute atomic E-state index is 12.5. The van der Waals surface area contributed by atoms with E-state index in [1.165, 1.54) is 16.7 Å². The number of fused-ring (bicyclic) bond motifs is 2. The summed E-state index contributed by atoms with van der Waals surface area (Å²) < 4.78 is 11.7. The van der Waals surface area contributed by atoms with Crippen LogP contribution in [0, 0.1) is 0 Å². The third-order valence-corrected chi connectivity index (χ3v) is 5.87. The van der Waals surface area contributed by atoms with E-state index in [9.17, 15) is 4.79 Å². The van der Waals surface area contributed by atoms with Crippen LogP contribution in [0.2, 0.25) is 0 Å². The lowest BCUT2D eigenvalue weighted by molar-refractivity contribution is -0.120. The van der Waals surface area contributed by atoms with Crippen LogP contribution in [-0.2, 0) is 22.6 Å². The van der Waals surface area contributed by atoms with Gasteiger partial charge in [0.05, 0.1) is 12.5 Å². The van der Waals surface area contributed by atoms with Crippen molar-refractivity contribution in [1.82, 2.24) is 10.2 Å². The molecule has 1 fully saturated rings. The summed E-state index contributed by atoms with van der Waals surface area (Å²) in [5.41, 5.74) is 5.63. The van der Waals surface area contributed by atoms with E-state index >= 15 is 0 Å². The molecule has 4 rings (SSSR count). The molecular weight excluding hydrogens is 388 g/mol. The van der Waals surface area contributed by atoms with E-state index < -0.39 is 0 Å². The average Bonchev–Trinajstić information content (AvgIpc) is 3.23. The summed E-state index contributed by atoms with van der Waals surface area (Å²) in [6.45, 7) is 2.92. The largest absolute Gasteiger partial charge is 0.488 e. The first-order valence-electron chi connectivity index (χ1n) is 11.2. The molecule has 0 spiro atoms. The van der Waals surface area contributed by atoms with E-state index in [2.05, 4.69) is 60.7 Å². The van der Waals surface area contributed by atoms with Gasteiger partial charge in [-0.3, -0.25) is 4.79 Å². The van der Waals surface area contributed by atoms with Crippen LogP contribution in [0.1, 0.15) is 41.5 Å². The molecule has 5 heteroatoms. The van der Waals surface area contributed by atoms with Gasteiger partial charge in [-0.15, -0.1) is 0 Å². The van der Waals surface area contributed by atoms with Gasteiger partial charge in [0.25, 0.3) is 0 Å². The highest BCUT2D eigenvalue weighted by atomic mass is 16.5. The number of ether oxygens (including phenoxy) is 2. The molecule has 164 valence electrons. The van der Waals surface area contributed by atoms with Crippen LogP contribution in [0.15, 0.2) is 48.5 Å². The van der Waals surface area contributed by atoms with Gasteiger partial charge in [0.2, 0.25) is 5.91 Å². The van der Waals surface area contributed by atoms with Crippen molar-refractivity contribution in [3.05, 3.63) is 70.8 Å².